The van der Waals surface area contributed by atoms with Crippen LogP contribution in [0.5, 0.6) is 11.5 Å². The highest BCUT2D eigenvalue weighted by molar-refractivity contribution is 14.0. The Morgan fingerprint density at radius 3 is 2.65 bits per heavy atom. The normalized spacial score (nSPS) is 10.9. The van der Waals surface area contributed by atoms with E-state index in [2.05, 4.69) is 49.4 Å². The van der Waals surface area contributed by atoms with Gasteiger partial charge >= 0.3 is 0 Å². The third kappa shape index (κ3) is 7.16. The molecule has 8 heteroatoms. The number of aromatic nitrogens is 2. The molecule has 0 spiro atoms. The molecule has 1 heterocycles. The molecule has 7 nitrogen and oxygen atoms in total. The van der Waals surface area contributed by atoms with Crippen molar-refractivity contribution < 1.29 is 9.47 Å². The third-order valence-corrected chi connectivity index (χ3v) is 4.59. The lowest BCUT2D eigenvalue weighted by atomic mass is 10.2. The van der Waals surface area contributed by atoms with E-state index in [1.54, 1.807) is 14.2 Å². The van der Waals surface area contributed by atoms with Crippen LogP contribution in [0.15, 0.2) is 65.9 Å². The van der Waals surface area contributed by atoms with Crippen LogP contribution in [-0.4, -0.2) is 42.8 Å². The number of hydrogen-bond donors (Lipinski definition) is 2. The molecule has 0 saturated heterocycles. The molecule has 1 aromatic heterocycles. The summed E-state index contributed by atoms with van der Waals surface area (Å²) in [4.78, 5) is 8.80. The minimum absolute atomic E-state index is 0. The number of ether oxygens (including phenoxy) is 2. The lowest BCUT2D eigenvalue weighted by molar-refractivity contribution is 0.311. The van der Waals surface area contributed by atoms with E-state index < -0.39 is 0 Å². The molecule has 2 N–H and O–H groups in total. The zero-order valence-electron chi connectivity index (χ0n) is 18.2. The van der Waals surface area contributed by atoms with Gasteiger partial charge in [-0.15, -0.1) is 24.0 Å². The molecule has 0 bridgehead atoms. The zero-order chi connectivity index (χ0) is 21.2. The van der Waals surface area contributed by atoms with Gasteiger partial charge in [-0.3, -0.25) is 4.99 Å². The van der Waals surface area contributed by atoms with Gasteiger partial charge in [0, 0.05) is 50.7 Å². The van der Waals surface area contributed by atoms with Gasteiger partial charge in [-0.05, 0) is 24.6 Å². The second-order valence-corrected chi connectivity index (χ2v) is 6.63. The Kier molecular flexibility index (Phi) is 10.2. The Balaban J connectivity index is 0.00000341. The Morgan fingerprint density at radius 1 is 1.13 bits per heavy atom. The van der Waals surface area contributed by atoms with E-state index in [4.69, 9.17) is 9.47 Å². The molecule has 166 valence electrons. The lowest BCUT2D eigenvalue weighted by Crippen LogP contribution is -2.32. The summed E-state index contributed by atoms with van der Waals surface area (Å²) in [6.07, 6.45) is 4.65. The molecule has 0 radical (unpaired) electrons. The fourth-order valence-electron chi connectivity index (χ4n) is 3.12. The number of rotatable bonds is 9. The maximum atomic E-state index is 5.57. The van der Waals surface area contributed by atoms with Crippen LogP contribution in [0.3, 0.4) is 0 Å². The Morgan fingerprint density at radius 2 is 1.94 bits per heavy atom. The molecular formula is C23H30IN5O2. The molecule has 0 unspecified atom stereocenters. The minimum Gasteiger partial charge on any atom is -0.493 e. The van der Waals surface area contributed by atoms with Gasteiger partial charge in [-0.1, -0.05) is 30.3 Å². The molecular weight excluding hydrogens is 505 g/mol. The number of nitrogens with one attached hydrogen (secondary N) is 2. The van der Waals surface area contributed by atoms with E-state index in [0.29, 0.717) is 24.9 Å². The molecule has 0 aliphatic heterocycles. The number of aliphatic imine (C=N–C) groups is 1. The van der Waals surface area contributed by atoms with Crippen molar-refractivity contribution in [3.8, 4) is 11.5 Å². The van der Waals surface area contributed by atoms with Gasteiger partial charge in [0.15, 0.2) is 17.5 Å². The standard InChI is InChI=1S/C23H29N5O2.HI/c1-4-30-20-11-10-19(16-21(20)29-3)27-23(24-2)26-13-12-22-25-14-15-28(22)17-18-8-6-5-7-9-18;/h5-11,14-16H,4,12-13,17H2,1-3H3,(H2,24,26,27);1H. The van der Waals surface area contributed by atoms with Crippen LogP contribution < -0.4 is 20.1 Å². The lowest BCUT2D eigenvalue weighted by Gasteiger charge is -2.15. The maximum absolute atomic E-state index is 5.57. The summed E-state index contributed by atoms with van der Waals surface area (Å²) in [5.74, 6) is 3.12. The monoisotopic (exact) mass is 535 g/mol. The SMILES string of the molecule is CCOc1ccc(NC(=NC)NCCc2nccn2Cc2ccccc2)cc1OC.I. The number of methoxy groups -OCH3 is 1. The summed E-state index contributed by atoms with van der Waals surface area (Å²) in [5, 5.41) is 6.62. The fourth-order valence-corrected chi connectivity index (χ4v) is 3.12. The zero-order valence-corrected chi connectivity index (χ0v) is 20.5. The average molecular weight is 535 g/mol. The summed E-state index contributed by atoms with van der Waals surface area (Å²) < 4.78 is 13.1. The van der Waals surface area contributed by atoms with Crippen molar-refractivity contribution in [1.82, 2.24) is 14.9 Å². The molecule has 31 heavy (non-hydrogen) atoms. The third-order valence-electron chi connectivity index (χ3n) is 4.59. The second kappa shape index (κ2) is 12.8. The van der Waals surface area contributed by atoms with Gasteiger partial charge in [0.25, 0.3) is 0 Å². The van der Waals surface area contributed by atoms with E-state index in [9.17, 15) is 0 Å². The van der Waals surface area contributed by atoms with Crippen molar-refractivity contribution in [2.75, 3.05) is 32.6 Å². The molecule has 3 rings (SSSR count). The number of guanidine groups is 1. The van der Waals surface area contributed by atoms with Crippen LogP contribution in [0.2, 0.25) is 0 Å². The average Bonchev–Trinajstić information content (AvgIpc) is 3.21. The minimum atomic E-state index is 0. The quantitative estimate of drug-likeness (QED) is 0.244. The van der Waals surface area contributed by atoms with E-state index in [1.165, 1.54) is 5.56 Å². The Hall–Kier alpha value is -2.75. The van der Waals surface area contributed by atoms with Crippen molar-refractivity contribution in [1.29, 1.82) is 0 Å². The molecule has 2 aromatic carbocycles. The predicted octanol–water partition coefficient (Wildman–Crippen LogP) is 4.19. The summed E-state index contributed by atoms with van der Waals surface area (Å²) in [6, 6.07) is 16.1. The van der Waals surface area contributed by atoms with Crippen molar-refractivity contribution >= 4 is 35.6 Å². The first kappa shape index (κ1) is 24.5. The maximum Gasteiger partial charge on any atom is 0.195 e. The fraction of sp³-hybridized carbons (Fsp3) is 0.304. The number of nitrogens with zero attached hydrogens (tertiary/aromatic N) is 3. The van der Waals surface area contributed by atoms with Crippen LogP contribution in [0.4, 0.5) is 5.69 Å². The smallest absolute Gasteiger partial charge is 0.195 e. The van der Waals surface area contributed by atoms with Crippen LogP contribution in [0.25, 0.3) is 0 Å². The number of anilines is 1. The van der Waals surface area contributed by atoms with Crippen LogP contribution in [0.1, 0.15) is 18.3 Å². The molecule has 3 aromatic rings. The number of hydrogen-bond acceptors (Lipinski definition) is 4. The number of halogens is 1. The summed E-state index contributed by atoms with van der Waals surface area (Å²) in [7, 11) is 3.38. The van der Waals surface area contributed by atoms with Gasteiger partial charge in [-0.2, -0.15) is 0 Å². The van der Waals surface area contributed by atoms with Gasteiger partial charge in [0.2, 0.25) is 0 Å². The number of benzene rings is 2. The topological polar surface area (TPSA) is 72.7 Å². The van der Waals surface area contributed by atoms with E-state index in [1.807, 2.05) is 43.6 Å². The first-order valence-electron chi connectivity index (χ1n) is 10.1. The molecule has 0 atom stereocenters. The Bertz CT molecular complexity index is 960. The van der Waals surface area contributed by atoms with Crippen molar-refractivity contribution in [2.24, 2.45) is 4.99 Å². The molecule has 0 saturated carbocycles. The largest absolute Gasteiger partial charge is 0.493 e. The van der Waals surface area contributed by atoms with Gasteiger partial charge in [-0.25, -0.2) is 4.98 Å². The van der Waals surface area contributed by atoms with Gasteiger partial charge in [0.1, 0.15) is 5.82 Å². The second-order valence-electron chi connectivity index (χ2n) is 6.63. The van der Waals surface area contributed by atoms with E-state index in [0.717, 1.165) is 30.2 Å². The van der Waals surface area contributed by atoms with Crippen LogP contribution >= 0.6 is 24.0 Å². The summed E-state index contributed by atoms with van der Waals surface area (Å²) >= 11 is 0. The van der Waals surface area contributed by atoms with Crippen molar-refractivity contribution in [3.63, 3.8) is 0 Å². The van der Waals surface area contributed by atoms with Gasteiger partial charge in [0.05, 0.1) is 13.7 Å². The van der Waals surface area contributed by atoms with E-state index in [-0.39, 0.29) is 24.0 Å². The van der Waals surface area contributed by atoms with Crippen molar-refractivity contribution in [2.45, 2.75) is 19.9 Å². The molecule has 0 amide bonds. The Labute approximate surface area is 200 Å². The predicted molar refractivity (Wildman–Crippen MR) is 136 cm³/mol. The first-order valence-corrected chi connectivity index (χ1v) is 10.1. The summed E-state index contributed by atoms with van der Waals surface area (Å²) in [5.41, 5.74) is 2.13. The molecule has 0 aliphatic rings. The van der Waals surface area contributed by atoms with E-state index >= 15 is 0 Å². The first-order chi connectivity index (χ1) is 14.7. The van der Waals surface area contributed by atoms with Crippen molar-refractivity contribution in [3.05, 3.63) is 72.3 Å². The molecule has 0 fully saturated rings. The highest BCUT2D eigenvalue weighted by Gasteiger charge is 2.08. The summed E-state index contributed by atoms with van der Waals surface area (Å²) in [6.45, 7) is 4.06. The van der Waals surface area contributed by atoms with Crippen LogP contribution in [-0.2, 0) is 13.0 Å². The molecule has 0 aliphatic carbocycles. The highest BCUT2D eigenvalue weighted by atomic mass is 127. The van der Waals surface area contributed by atoms with Gasteiger partial charge < -0.3 is 24.7 Å². The highest BCUT2D eigenvalue weighted by Crippen LogP contribution is 2.30. The van der Waals surface area contributed by atoms with Crippen LogP contribution in [0, 0.1) is 0 Å². The number of imidazole rings is 1.